The second-order valence-corrected chi connectivity index (χ2v) is 8.42. The molecule has 1 unspecified atom stereocenters. The van der Waals surface area contributed by atoms with Crippen molar-refractivity contribution in [3.8, 4) is 0 Å². The smallest absolute Gasteiger partial charge is 0.324 e. The summed E-state index contributed by atoms with van der Waals surface area (Å²) < 4.78 is 0. The average molecular weight is 360 g/mol. The molecule has 0 bridgehead atoms. The molecule has 134 valence electrons. The van der Waals surface area contributed by atoms with Crippen LogP contribution < -0.4 is 5.32 Å². The first-order valence-electron chi connectivity index (χ1n) is 8.39. The first-order valence-corrected chi connectivity index (χ1v) is 9.21. The number of rotatable bonds is 3. The highest BCUT2D eigenvalue weighted by molar-refractivity contribution is 7.15. The Labute approximate surface area is 151 Å². The summed E-state index contributed by atoms with van der Waals surface area (Å²) in [5.74, 6) is 0. The number of nitrogens with one attached hydrogen (secondary N) is 1. The fraction of sp³-hybridized carbons (Fsp3) is 0.500. The van der Waals surface area contributed by atoms with Crippen LogP contribution in [0.5, 0.6) is 0 Å². The van der Waals surface area contributed by atoms with Crippen LogP contribution in [0.1, 0.15) is 44.7 Å². The Balaban J connectivity index is 1.75. The van der Waals surface area contributed by atoms with Crippen molar-refractivity contribution in [2.45, 2.75) is 51.2 Å². The van der Waals surface area contributed by atoms with E-state index in [1.54, 1.807) is 4.90 Å². The van der Waals surface area contributed by atoms with Gasteiger partial charge in [-0.2, -0.15) is 0 Å². The number of likely N-dealkylation sites (tertiary alicyclic amines) is 1. The first kappa shape index (κ1) is 17.8. The highest BCUT2D eigenvalue weighted by atomic mass is 32.1. The molecule has 0 spiro atoms. The maximum atomic E-state index is 12.5. The number of urea groups is 1. The summed E-state index contributed by atoms with van der Waals surface area (Å²) in [7, 11) is 0. The third-order valence-electron chi connectivity index (χ3n) is 5.05. The lowest BCUT2D eigenvalue weighted by Gasteiger charge is -2.33. The SMILES string of the molecule is CC(C)(c1ccccc1)c1nnc(NC(=O)N2CCC(O)C2(C)C)s1. The Kier molecular flexibility index (Phi) is 4.55. The molecule has 2 aromatic rings. The van der Waals surface area contributed by atoms with Gasteiger partial charge in [0.25, 0.3) is 0 Å². The largest absolute Gasteiger partial charge is 0.391 e. The van der Waals surface area contributed by atoms with E-state index in [0.29, 0.717) is 18.1 Å². The summed E-state index contributed by atoms with van der Waals surface area (Å²) in [4.78, 5) is 14.2. The molecule has 25 heavy (non-hydrogen) atoms. The van der Waals surface area contributed by atoms with Crippen molar-refractivity contribution in [3.05, 3.63) is 40.9 Å². The molecule has 6 nitrogen and oxygen atoms in total. The molecule has 0 aliphatic carbocycles. The molecule has 1 aromatic carbocycles. The van der Waals surface area contributed by atoms with Crippen LogP contribution in [-0.2, 0) is 5.41 Å². The first-order chi connectivity index (χ1) is 11.7. The zero-order valence-electron chi connectivity index (χ0n) is 15.0. The quantitative estimate of drug-likeness (QED) is 0.881. The third kappa shape index (κ3) is 3.26. The van der Waals surface area contributed by atoms with Crippen molar-refractivity contribution in [1.29, 1.82) is 0 Å². The van der Waals surface area contributed by atoms with Gasteiger partial charge in [0, 0.05) is 12.0 Å². The van der Waals surface area contributed by atoms with Crippen molar-refractivity contribution in [1.82, 2.24) is 15.1 Å². The van der Waals surface area contributed by atoms with Crippen molar-refractivity contribution >= 4 is 22.5 Å². The van der Waals surface area contributed by atoms with Crippen LogP contribution >= 0.6 is 11.3 Å². The summed E-state index contributed by atoms with van der Waals surface area (Å²) >= 11 is 1.38. The lowest BCUT2D eigenvalue weighted by molar-refractivity contribution is 0.0733. The Bertz CT molecular complexity index is 757. The number of aliphatic hydroxyl groups excluding tert-OH is 1. The maximum absolute atomic E-state index is 12.5. The number of carbonyl (C=O) groups is 1. The van der Waals surface area contributed by atoms with Crippen molar-refractivity contribution in [3.63, 3.8) is 0 Å². The number of benzene rings is 1. The topological polar surface area (TPSA) is 78.4 Å². The molecular formula is C18H24N4O2S. The monoisotopic (exact) mass is 360 g/mol. The molecule has 0 radical (unpaired) electrons. The van der Waals surface area contributed by atoms with Gasteiger partial charge in [-0.25, -0.2) is 4.79 Å². The van der Waals surface area contributed by atoms with Crippen LogP contribution in [0.2, 0.25) is 0 Å². The molecular weight excluding hydrogens is 336 g/mol. The fourth-order valence-corrected chi connectivity index (χ4v) is 3.96. The van der Waals surface area contributed by atoms with E-state index in [1.165, 1.54) is 11.3 Å². The minimum atomic E-state index is -0.582. The fourth-order valence-electron chi connectivity index (χ4n) is 3.10. The molecule has 1 aliphatic heterocycles. The van der Waals surface area contributed by atoms with Gasteiger partial charge >= 0.3 is 6.03 Å². The number of aliphatic hydroxyl groups is 1. The van der Waals surface area contributed by atoms with Crippen LogP contribution in [0.3, 0.4) is 0 Å². The summed E-state index contributed by atoms with van der Waals surface area (Å²) in [6, 6.07) is 9.87. The van der Waals surface area contributed by atoms with Gasteiger partial charge in [-0.1, -0.05) is 41.7 Å². The van der Waals surface area contributed by atoms with E-state index >= 15 is 0 Å². The van der Waals surface area contributed by atoms with Gasteiger partial charge in [0.2, 0.25) is 5.13 Å². The molecule has 7 heteroatoms. The number of hydrogen-bond acceptors (Lipinski definition) is 5. The Morgan fingerprint density at radius 2 is 2.00 bits per heavy atom. The van der Waals surface area contributed by atoms with Crippen molar-refractivity contribution < 1.29 is 9.90 Å². The minimum absolute atomic E-state index is 0.248. The van der Waals surface area contributed by atoms with Crippen LogP contribution in [0.25, 0.3) is 0 Å². The predicted molar refractivity (Wildman–Crippen MR) is 98.9 cm³/mol. The van der Waals surface area contributed by atoms with Crippen LogP contribution in [0.4, 0.5) is 9.93 Å². The Morgan fingerprint density at radius 3 is 2.60 bits per heavy atom. The van der Waals surface area contributed by atoms with Gasteiger partial charge in [-0.15, -0.1) is 10.2 Å². The molecule has 1 aliphatic rings. The second kappa shape index (κ2) is 6.38. The summed E-state index contributed by atoms with van der Waals surface area (Å²) in [5.41, 5.74) is 0.277. The lowest BCUT2D eigenvalue weighted by atomic mass is 9.85. The number of nitrogens with zero attached hydrogens (tertiary/aromatic N) is 3. The highest BCUT2D eigenvalue weighted by Crippen LogP contribution is 2.35. The van der Waals surface area contributed by atoms with E-state index in [1.807, 2.05) is 32.0 Å². The van der Waals surface area contributed by atoms with Gasteiger partial charge in [-0.3, -0.25) is 5.32 Å². The molecule has 2 N–H and O–H groups in total. The predicted octanol–water partition coefficient (Wildman–Crippen LogP) is 3.24. The highest BCUT2D eigenvalue weighted by Gasteiger charge is 2.43. The van der Waals surface area contributed by atoms with E-state index in [9.17, 15) is 9.90 Å². The minimum Gasteiger partial charge on any atom is -0.391 e. The van der Waals surface area contributed by atoms with Gasteiger partial charge in [0.1, 0.15) is 5.01 Å². The summed E-state index contributed by atoms with van der Waals surface area (Å²) in [5, 5.41) is 22.6. The van der Waals surface area contributed by atoms with Crippen molar-refractivity contribution in [2.24, 2.45) is 0 Å². The Morgan fingerprint density at radius 1 is 1.32 bits per heavy atom. The Hall–Kier alpha value is -1.99. The van der Waals surface area contributed by atoms with Gasteiger partial charge in [0.05, 0.1) is 11.6 Å². The molecule has 0 saturated carbocycles. The summed E-state index contributed by atoms with van der Waals surface area (Å²) in [6.07, 6.45) is 0.0725. The number of amides is 2. The van der Waals surface area contributed by atoms with E-state index < -0.39 is 11.6 Å². The molecule has 1 aromatic heterocycles. The van der Waals surface area contributed by atoms with Crippen LogP contribution in [0, 0.1) is 0 Å². The average Bonchev–Trinajstić information content (AvgIpc) is 3.14. The van der Waals surface area contributed by atoms with Gasteiger partial charge < -0.3 is 10.0 Å². The summed E-state index contributed by atoms with van der Waals surface area (Å²) in [6.45, 7) is 8.45. The normalized spacial score (nSPS) is 19.9. The second-order valence-electron chi connectivity index (χ2n) is 7.44. The number of aromatic nitrogens is 2. The molecule has 2 amide bonds. The lowest BCUT2D eigenvalue weighted by Crippen LogP contribution is -2.49. The standard InChI is InChI=1S/C18H24N4O2S/c1-17(2,12-8-6-5-7-9-12)14-20-21-15(25-14)19-16(24)22-11-10-13(23)18(22,3)4/h5-9,13,23H,10-11H2,1-4H3,(H,19,21,24). The number of carbonyl (C=O) groups excluding carboxylic acids is 1. The van der Waals surface area contributed by atoms with E-state index in [4.69, 9.17) is 0 Å². The molecule has 1 atom stereocenters. The van der Waals surface area contributed by atoms with E-state index in [-0.39, 0.29) is 11.4 Å². The van der Waals surface area contributed by atoms with Gasteiger partial charge in [0.15, 0.2) is 0 Å². The molecule has 2 heterocycles. The molecule has 3 rings (SSSR count). The third-order valence-corrected chi connectivity index (χ3v) is 6.21. The zero-order valence-corrected chi connectivity index (χ0v) is 15.8. The molecule has 1 saturated heterocycles. The van der Waals surface area contributed by atoms with Crippen molar-refractivity contribution in [2.75, 3.05) is 11.9 Å². The number of anilines is 1. The van der Waals surface area contributed by atoms with E-state index in [2.05, 4.69) is 41.5 Å². The zero-order chi connectivity index (χ0) is 18.2. The number of hydrogen-bond donors (Lipinski definition) is 2. The van der Waals surface area contributed by atoms with E-state index in [0.717, 1.165) is 10.6 Å². The molecule has 1 fully saturated rings. The van der Waals surface area contributed by atoms with Crippen LogP contribution in [0.15, 0.2) is 30.3 Å². The maximum Gasteiger partial charge on any atom is 0.324 e. The van der Waals surface area contributed by atoms with Crippen LogP contribution in [-0.4, -0.2) is 44.4 Å². The van der Waals surface area contributed by atoms with Gasteiger partial charge in [-0.05, 0) is 39.7 Å².